The standard InChI is InChI=1S/C8H15NOS/c9-7-1-3-10-8(5-7)2-4-11-6-8/h7H,1-6,9H2/t7-,8+/m1/s1. The fourth-order valence-corrected chi connectivity index (χ4v) is 3.31. The van der Waals surface area contributed by atoms with Gasteiger partial charge in [0.05, 0.1) is 5.60 Å². The normalized spacial score (nSPS) is 45.0. The van der Waals surface area contributed by atoms with Gasteiger partial charge in [0.2, 0.25) is 0 Å². The van der Waals surface area contributed by atoms with Crippen molar-refractivity contribution in [1.29, 1.82) is 0 Å². The molecule has 0 saturated carbocycles. The monoisotopic (exact) mass is 173 g/mol. The van der Waals surface area contributed by atoms with Gasteiger partial charge in [0, 0.05) is 18.4 Å². The molecule has 0 aromatic heterocycles. The second-order valence-electron chi connectivity index (χ2n) is 3.59. The maximum Gasteiger partial charge on any atom is 0.0795 e. The average molecular weight is 173 g/mol. The van der Waals surface area contributed by atoms with Crippen molar-refractivity contribution >= 4 is 11.8 Å². The molecule has 0 unspecified atom stereocenters. The molecule has 2 nitrogen and oxygen atoms in total. The van der Waals surface area contributed by atoms with Crippen molar-refractivity contribution in [2.24, 2.45) is 5.73 Å². The second kappa shape index (κ2) is 2.96. The summed E-state index contributed by atoms with van der Waals surface area (Å²) >= 11 is 2.00. The van der Waals surface area contributed by atoms with E-state index in [2.05, 4.69) is 0 Å². The summed E-state index contributed by atoms with van der Waals surface area (Å²) in [6.07, 6.45) is 3.35. The summed E-state index contributed by atoms with van der Waals surface area (Å²) in [6, 6.07) is 0.391. The predicted octanol–water partition coefficient (Wildman–Crippen LogP) is 1.000. The second-order valence-corrected chi connectivity index (χ2v) is 4.69. The van der Waals surface area contributed by atoms with Gasteiger partial charge in [0.25, 0.3) is 0 Å². The number of rotatable bonds is 0. The van der Waals surface area contributed by atoms with Gasteiger partial charge >= 0.3 is 0 Å². The molecule has 64 valence electrons. The van der Waals surface area contributed by atoms with Gasteiger partial charge in [0.15, 0.2) is 0 Å². The summed E-state index contributed by atoms with van der Waals surface area (Å²) in [5, 5.41) is 0. The van der Waals surface area contributed by atoms with Crippen LogP contribution in [0.1, 0.15) is 19.3 Å². The Balaban J connectivity index is 2.00. The Hall–Kier alpha value is 0.270. The minimum atomic E-state index is 0.183. The SMILES string of the molecule is N[C@@H]1CCO[C@@]2(CCSC2)C1. The van der Waals surface area contributed by atoms with Crippen LogP contribution in [0.15, 0.2) is 0 Å². The zero-order valence-electron chi connectivity index (χ0n) is 6.71. The van der Waals surface area contributed by atoms with Crippen LogP contribution in [0.3, 0.4) is 0 Å². The maximum atomic E-state index is 5.90. The zero-order chi connectivity index (χ0) is 7.73. The fourth-order valence-electron chi connectivity index (χ4n) is 1.93. The highest BCUT2D eigenvalue weighted by molar-refractivity contribution is 7.99. The molecule has 2 heterocycles. The summed E-state index contributed by atoms with van der Waals surface area (Å²) < 4.78 is 5.80. The van der Waals surface area contributed by atoms with Crippen molar-refractivity contribution in [3.8, 4) is 0 Å². The third kappa shape index (κ3) is 1.55. The van der Waals surface area contributed by atoms with Crippen LogP contribution in [0.5, 0.6) is 0 Å². The third-order valence-electron chi connectivity index (χ3n) is 2.60. The van der Waals surface area contributed by atoms with Crippen molar-refractivity contribution in [3.63, 3.8) is 0 Å². The molecule has 3 heteroatoms. The first-order chi connectivity index (χ1) is 5.31. The quantitative estimate of drug-likeness (QED) is 0.593. The summed E-state index contributed by atoms with van der Waals surface area (Å²) in [7, 11) is 0. The van der Waals surface area contributed by atoms with Gasteiger partial charge < -0.3 is 10.5 Å². The highest BCUT2D eigenvalue weighted by Crippen LogP contribution is 2.37. The van der Waals surface area contributed by atoms with Crippen molar-refractivity contribution in [2.45, 2.75) is 30.9 Å². The van der Waals surface area contributed by atoms with E-state index >= 15 is 0 Å². The fraction of sp³-hybridized carbons (Fsp3) is 1.00. The van der Waals surface area contributed by atoms with Crippen molar-refractivity contribution in [1.82, 2.24) is 0 Å². The number of hydrogen-bond acceptors (Lipinski definition) is 3. The molecule has 2 rings (SSSR count). The minimum Gasteiger partial charge on any atom is -0.374 e. The van der Waals surface area contributed by atoms with E-state index in [1.165, 1.54) is 17.9 Å². The molecule has 2 saturated heterocycles. The van der Waals surface area contributed by atoms with E-state index in [4.69, 9.17) is 10.5 Å². The smallest absolute Gasteiger partial charge is 0.0795 e. The van der Waals surface area contributed by atoms with Gasteiger partial charge in [-0.3, -0.25) is 0 Å². The van der Waals surface area contributed by atoms with E-state index in [-0.39, 0.29) is 5.60 Å². The molecule has 2 aliphatic rings. The molecular weight excluding hydrogens is 158 g/mol. The van der Waals surface area contributed by atoms with E-state index in [0.29, 0.717) is 6.04 Å². The lowest BCUT2D eigenvalue weighted by Gasteiger charge is -2.36. The summed E-state index contributed by atoms with van der Waals surface area (Å²) in [4.78, 5) is 0. The van der Waals surface area contributed by atoms with Crippen molar-refractivity contribution in [2.75, 3.05) is 18.1 Å². The Bertz CT molecular complexity index is 145. The molecule has 0 aromatic rings. The molecule has 1 spiro atoms. The van der Waals surface area contributed by atoms with Gasteiger partial charge in [-0.1, -0.05) is 0 Å². The van der Waals surface area contributed by atoms with Crippen LogP contribution in [-0.4, -0.2) is 29.8 Å². The molecule has 2 aliphatic heterocycles. The van der Waals surface area contributed by atoms with Crippen LogP contribution in [0.25, 0.3) is 0 Å². The van der Waals surface area contributed by atoms with Crippen LogP contribution in [0.2, 0.25) is 0 Å². The molecule has 0 bridgehead atoms. The van der Waals surface area contributed by atoms with Crippen molar-refractivity contribution < 1.29 is 4.74 Å². The largest absolute Gasteiger partial charge is 0.374 e. The van der Waals surface area contributed by atoms with Gasteiger partial charge in [-0.25, -0.2) is 0 Å². The van der Waals surface area contributed by atoms with Crippen LogP contribution in [0, 0.1) is 0 Å². The molecule has 0 aliphatic carbocycles. The molecule has 2 fully saturated rings. The van der Waals surface area contributed by atoms with E-state index in [1.807, 2.05) is 11.8 Å². The zero-order valence-corrected chi connectivity index (χ0v) is 7.53. The molecule has 2 atom stereocenters. The van der Waals surface area contributed by atoms with Gasteiger partial charge in [-0.05, 0) is 25.0 Å². The Labute approximate surface area is 71.9 Å². The van der Waals surface area contributed by atoms with E-state index < -0.39 is 0 Å². The summed E-state index contributed by atoms with van der Waals surface area (Å²) in [5.74, 6) is 2.42. The molecular formula is C8H15NOS. The Morgan fingerprint density at radius 2 is 2.45 bits per heavy atom. The number of hydrogen-bond donors (Lipinski definition) is 1. The molecule has 11 heavy (non-hydrogen) atoms. The first-order valence-electron chi connectivity index (χ1n) is 4.28. The lowest BCUT2D eigenvalue weighted by Crippen LogP contribution is -2.45. The number of nitrogens with two attached hydrogens (primary N) is 1. The highest BCUT2D eigenvalue weighted by atomic mass is 32.2. The van der Waals surface area contributed by atoms with E-state index in [0.717, 1.165) is 19.4 Å². The van der Waals surface area contributed by atoms with E-state index in [9.17, 15) is 0 Å². The first kappa shape index (κ1) is 7.90. The lowest BCUT2D eigenvalue weighted by molar-refractivity contribution is -0.0653. The van der Waals surface area contributed by atoms with Crippen LogP contribution in [0.4, 0.5) is 0 Å². The highest BCUT2D eigenvalue weighted by Gasteiger charge is 2.39. The summed E-state index contributed by atoms with van der Waals surface area (Å²) in [5.41, 5.74) is 6.08. The topological polar surface area (TPSA) is 35.2 Å². The predicted molar refractivity (Wildman–Crippen MR) is 47.8 cm³/mol. The Kier molecular flexibility index (Phi) is 2.12. The average Bonchev–Trinajstić information content (AvgIpc) is 2.37. The molecule has 0 aromatic carbocycles. The number of thioether (sulfide) groups is 1. The molecule has 0 amide bonds. The van der Waals surface area contributed by atoms with Crippen LogP contribution >= 0.6 is 11.8 Å². The number of ether oxygens (including phenoxy) is 1. The molecule has 2 N–H and O–H groups in total. The Morgan fingerprint density at radius 1 is 1.55 bits per heavy atom. The Morgan fingerprint density at radius 3 is 3.09 bits per heavy atom. The summed E-state index contributed by atoms with van der Waals surface area (Å²) in [6.45, 7) is 0.877. The maximum absolute atomic E-state index is 5.90. The van der Waals surface area contributed by atoms with Crippen LogP contribution < -0.4 is 5.73 Å². The van der Waals surface area contributed by atoms with Gasteiger partial charge in [0.1, 0.15) is 0 Å². The van der Waals surface area contributed by atoms with E-state index in [1.54, 1.807) is 0 Å². The van der Waals surface area contributed by atoms with Gasteiger partial charge in [-0.2, -0.15) is 11.8 Å². The minimum absolute atomic E-state index is 0.183. The third-order valence-corrected chi connectivity index (χ3v) is 3.82. The molecule has 0 radical (unpaired) electrons. The first-order valence-corrected chi connectivity index (χ1v) is 5.44. The lowest BCUT2D eigenvalue weighted by atomic mass is 9.90. The van der Waals surface area contributed by atoms with Crippen LogP contribution in [-0.2, 0) is 4.74 Å². The van der Waals surface area contributed by atoms with Gasteiger partial charge in [-0.15, -0.1) is 0 Å². The van der Waals surface area contributed by atoms with Crippen molar-refractivity contribution in [3.05, 3.63) is 0 Å².